The fourth-order valence-electron chi connectivity index (χ4n) is 1.30. The van der Waals surface area contributed by atoms with E-state index < -0.39 is 19.9 Å². The highest BCUT2D eigenvalue weighted by atomic mass is 32.2. The highest BCUT2D eigenvalue weighted by Gasteiger charge is 2.06. The Kier molecular flexibility index (Phi) is 5.75. The van der Waals surface area contributed by atoms with Gasteiger partial charge in [0.05, 0.1) is 4.90 Å². The van der Waals surface area contributed by atoms with Crippen molar-refractivity contribution in [3.8, 4) is 0 Å². The minimum absolute atomic E-state index is 0.0445. The average molecular weight is 343 g/mol. The fourth-order valence-corrected chi connectivity index (χ4v) is 2.31. The highest BCUT2D eigenvalue weighted by Crippen LogP contribution is 2.06. The highest BCUT2D eigenvalue weighted by molar-refractivity contribution is 7.90. The van der Waals surface area contributed by atoms with Crippen molar-refractivity contribution in [1.29, 1.82) is 0 Å². The lowest BCUT2D eigenvalue weighted by molar-refractivity contribution is 0.596. The number of sulfonamides is 1. The van der Waals surface area contributed by atoms with E-state index in [9.17, 15) is 16.8 Å². The van der Waals surface area contributed by atoms with Crippen molar-refractivity contribution in [2.24, 2.45) is 5.14 Å². The second-order valence-corrected chi connectivity index (χ2v) is 8.16. The third-order valence-corrected chi connectivity index (χ3v) is 4.52. The van der Waals surface area contributed by atoms with Gasteiger partial charge < -0.3 is 0 Å². The van der Waals surface area contributed by atoms with Crippen molar-refractivity contribution >= 4 is 19.9 Å². The van der Waals surface area contributed by atoms with E-state index in [1.54, 1.807) is 25.1 Å². The first-order valence-electron chi connectivity index (χ1n) is 6.08. The Hall–Kier alpha value is -1.84. The summed E-state index contributed by atoms with van der Waals surface area (Å²) in [4.78, 5) is 7.96. The number of hydrogen-bond donors (Lipinski definition) is 1. The largest absolute Gasteiger partial charge is 0.260 e. The number of nitrogens with two attached hydrogens (primary N) is 1. The Morgan fingerprint density at radius 1 is 0.818 bits per heavy atom. The zero-order valence-corrected chi connectivity index (χ0v) is 14.0. The molecule has 7 nitrogen and oxygen atoms in total. The van der Waals surface area contributed by atoms with Crippen LogP contribution in [0, 0.1) is 13.8 Å². The molecule has 0 saturated carbocycles. The molecule has 2 rings (SSSR count). The lowest BCUT2D eigenvalue weighted by Gasteiger charge is -1.96. The van der Waals surface area contributed by atoms with Crippen molar-refractivity contribution < 1.29 is 16.8 Å². The first kappa shape index (κ1) is 18.2. The van der Waals surface area contributed by atoms with Gasteiger partial charge in [-0.1, -0.05) is 0 Å². The van der Waals surface area contributed by atoms with Crippen molar-refractivity contribution in [3.63, 3.8) is 0 Å². The quantitative estimate of drug-likeness (QED) is 0.862. The van der Waals surface area contributed by atoms with Crippen LogP contribution in [0.2, 0.25) is 0 Å². The van der Waals surface area contributed by atoms with Crippen LogP contribution in [0.1, 0.15) is 11.4 Å². The molecule has 0 fully saturated rings. The van der Waals surface area contributed by atoms with E-state index in [4.69, 9.17) is 5.14 Å². The number of hydrogen-bond acceptors (Lipinski definition) is 6. The molecule has 2 N–H and O–H groups in total. The molecule has 0 aliphatic rings. The molecular weight excluding hydrogens is 326 g/mol. The molecule has 9 heteroatoms. The van der Waals surface area contributed by atoms with Gasteiger partial charge in [-0.3, -0.25) is 9.97 Å². The third kappa shape index (κ3) is 5.88. The van der Waals surface area contributed by atoms with E-state index >= 15 is 0 Å². The molecule has 0 aliphatic heterocycles. The monoisotopic (exact) mass is 343 g/mol. The summed E-state index contributed by atoms with van der Waals surface area (Å²) >= 11 is 0. The molecule has 120 valence electrons. The minimum Gasteiger partial charge on any atom is -0.260 e. The van der Waals surface area contributed by atoms with Crippen LogP contribution in [0.4, 0.5) is 0 Å². The molecule has 2 aromatic rings. The van der Waals surface area contributed by atoms with E-state index in [1.807, 2.05) is 6.92 Å². The normalized spacial score (nSPS) is 11.5. The second-order valence-electron chi connectivity index (χ2n) is 4.59. The van der Waals surface area contributed by atoms with Crippen molar-refractivity contribution in [2.75, 3.05) is 6.26 Å². The van der Waals surface area contributed by atoms with E-state index in [1.165, 1.54) is 24.7 Å². The number of aryl methyl sites for hydroxylation is 2. The zero-order valence-electron chi connectivity index (χ0n) is 12.4. The van der Waals surface area contributed by atoms with E-state index in [0.717, 1.165) is 11.4 Å². The molecule has 0 bridgehead atoms. The Bertz CT molecular complexity index is 754. The van der Waals surface area contributed by atoms with Gasteiger partial charge in [0, 0.05) is 30.0 Å². The van der Waals surface area contributed by atoms with Gasteiger partial charge in [-0.05, 0) is 38.1 Å². The maximum atomic E-state index is 10.9. The molecule has 0 atom stereocenters. The van der Waals surface area contributed by atoms with Gasteiger partial charge >= 0.3 is 0 Å². The lowest BCUT2D eigenvalue weighted by Crippen LogP contribution is -2.12. The summed E-state index contributed by atoms with van der Waals surface area (Å²) in [6.07, 6.45) is 3.77. The summed E-state index contributed by atoms with van der Waals surface area (Å²) in [5.74, 6) is 0. The van der Waals surface area contributed by atoms with Crippen LogP contribution in [0.15, 0.2) is 46.5 Å². The van der Waals surface area contributed by atoms with Crippen LogP contribution >= 0.6 is 0 Å². The SMILES string of the molecule is Cc1ccc(S(C)(=O)=O)cn1.Cc1ccc(S(N)(=O)=O)cn1. The summed E-state index contributed by atoms with van der Waals surface area (Å²) in [7, 11) is -6.66. The smallest absolute Gasteiger partial charge is 0.239 e. The number of pyridine rings is 2. The summed E-state index contributed by atoms with van der Waals surface area (Å²) in [5, 5.41) is 4.84. The molecule has 22 heavy (non-hydrogen) atoms. The molecule has 0 saturated heterocycles. The first-order valence-corrected chi connectivity index (χ1v) is 9.52. The summed E-state index contributed by atoms with van der Waals surface area (Å²) in [6.45, 7) is 3.58. The third-order valence-electron chi connectivity index (χ3n) is 2.53. The van der Waals surface area contributed by atoms with Crippen LogP contribution in [-0.4, -0.2) is 33.1 Å². The van der Waals surface area contributed by atoms with Crippen molar-refractivity contribution in [1.82, 2.24) is 9.97 Å². The van der Waals surface area contributed by atoms with Gasteiger partial charge in [0.25, 0.3) is 0 Å². The van der Waals surface area contributed by atoms with Gasteiger partial charge in [0.15, 0.2) is 9.84 Å². The van der Waals surface area contributed by atoms with Crippen LogP contribution in [0.25, 0.3) is 0 Å². The van der Waals surface area contributed by atoms with Gasteiger partial charge in [-0.15, -0.1) is 0 Å². The zero-order chi connectivity index (χ0) is 17.0. The maximum absolute atomic E-state index is 10.9. The van der Waals surface area contributed by atoms with Gasteiger partial charge in [-0.25, -0.2) is 22.0 Å². The van der Waals surface area contributed by atoms with E-state index in [2.05, 4.69) is 9.97 Å². The van der Waals surface area contributed by atoms with Crippen LogP contribution in [0.3, 0.4) is 0 Å². The molecule has 0 radical (unpaired) electrons. The Morgan fingerprint density at radius 3 is 1.50 bits per heavy atom. The van der Waals surface area contributed by atoms with Gasteiger partial charge in [-0.2, -0.15) is 0 Å². The predicted molar refractivity (Wildman–Crippen MR) is 82.4 cm³/mol. The predicted octanol–water partition coefficient (Wildman–Crippen LogP) is 0.831. The number of nitrogens with zero attached hydrogens (tertiary/aromatic N) is 2. The fraction of sp³-hybridized carbons (Fsp3) is 0.231. The number of aromatic nitrogens is 2. The van der Waals surface area contributed by atoms with Crippen LogP contribution in [-0.2, 0) is 19.9 Å². The molecule has 0 amide bonds. The van der Waals surface area contributed by atoms with E-state index in [-0.39, 0.29) is 9.79 Å². The first-order chi connectivity index (χ1) is 10.00. The number of rotatable bonds is 2. The van der Waals surface area contributed by atoms with Gasteiger partial charge in [0.1, 0.15) is 4.90 Å². The summed E-state index contributed by atoms with van der Waals surface area (Å²) in [6, 6.07) is 6.26. The molecule has 0 aliphatic carbocycles. The Labute approximate surface area is 130 Å². The molecule has 0 spiro atoms. The second kappa shape index (κ2) is 6.95. The van der Waals surface area contributed by atoms with E-state index in [0.29, 0.717) is 0 Å². The van der Waals surface area contributed by atoms with Gasteiger partial charge in [0.2, 0.25) is 10.0 Å². The maximum Gasteiger partial charge on any atom is 0.239 e. The Balaban J connectivity index is 0.000000220. The molecular formula is C13H17N3O4S2. The van der Waals surface area contributed by atoms with Crippen LogP contribution < -0.4 is 5.14 Å². The average Bonchev–Trinajstić information content (AvgIpc) is 2.38. The molecule has 0 aromatic carbocycles. The standard InChI is InChI=1S/C7H9NO2S.C6H8N2O2S/c1-6-3-4-7(5-8-6)11(2,9)10;1-5-2-3-6(4-8-5)11(7,9)10/h3-5H,1-2H3;2-4H,1H3,(H2,7,9,10). The van der Waals surface area contributed by atoms with Crippen molar-refractivity contribution in [3.05, 3.63) is 48.0 Å². The lowest BCUT2D eigenvalue weighted by atomic mass is 10.4. The van der Waals surface area contributed by atoms with Crippen LogP contribution in [0.5, 0.6) is 0 Å². The Morgan fingerprint density at radius 2 is 1.23 bits per heavy atom. The molecule has 0 unspecified atom stereocenters. The molecule has 2 heterocycles. The van der Waals surface area contributed by atoms with Crippen molar-refractivity contribution in [2.45, 2.75) is 23.6 Å². The minimum atomic E-state index is -3.58. The summed E-state index contributed by atoms with van der Waals surface area (Å²) < 4.78 is 43.2. The topological polar surface area (TPSA) is 120 Å². The number of sulfone groups is 1. The number of primary sulfonamides is 1. The molecule has 2 aromatic heterocycles. The summed E-state index contributed by atoms with van der Waals surface area (Å²) in [5.41, 5.74) is 1.58.